The van der Waals surface area contributed by atoms with Crippen LogP contribution in [-0.2, 0) is 9.59 Å². The van der Waals surface area contributed by atoms with Gasteiger partial charge in [-0.15, -0.1) is 0 Å². The smallest absolute Gasteiger partial charge is 0.266 e. The summed E-state index contributed by atoms with van der Waals surface area (Å²) in [5, 5.41) is 15.3. The molecule has 0 aliphatic heterocycles. The lowest BCUT2D eigenvalue weighted by molar-refractivity contribution is -0.118. The Balaban J connectivity index is 1.62. The Labute approximate surface area is 199 Å². The number of rotatable bonds is 7. The largest absolute Gasteiger partial charge is 0.482 e. The van der Waals surface area contributed by atoms with Crippen LogP contribution in [0.1, 0.15) is 5.56 Å². The molecule has 0 aliphatic carbocycles. The minimum absolute atomic E-state index is 0.131. The van der Waals surface area contributed by atoms with Crippen molar-refractivity contribution in [3.63, 3.8) is 0 Å². The van der Waals surface area contributed by atoms with Crippen LogP contribution in [0, 0.1) is 17.1 Å². The van der Waals surface area contributed by atoms with Gasteiger partial charge in [0.25, 0.3) is 11.8 Å². The van der Waals surface area contributed by atoms with Gasteiger partial charge in [-0.3, -0.25) is 9.59 Å². The molecule has 6 nitrogen and oxygen atoms in total. The molecule has 166 valence electrons. The quantitative estimate of drug-likeness (QED) is 0.333. The van der Waals surface area contributed by atoms with E-state index in [9.17, 15) is 19.2 Å². The van der Waals surface area contributed by atoms with E-state index < -0.39 is 17.6 Å². The maximum atomic E-state index is 12.9. The maximum absolute atomic E-state index is 12.9. The number of hydrogen-bond donors (Lipinski definition) is 2. The third kappa shape index (κ3) is 7.07. The van der Waals surface area contributed by atoms with Crippen LogP contribution < -0.4 is 15.4 Å². The number of hydrogen-bond acceptors (Lipinski definition) is 4. The van der Waals surface area contributed by atoms with Crippen molar-refractivity contribution < 1.29 is 18.7 Å². The molecule has 0 heterocycles. The van der Waals surface area contributed by atoms with Gasteiger partial charge in [0.2, 0.25) is 0 Å². The van der Waals surface area contributed by atoms with Crippen LogP contribution >= 0.6 is 23.2 Å². The molecule has 0 saturated carbocycles. The van der Waals surface area contributed by atoms with E-state index in [4.69, 9.17) is 27.9 Å². The number of nitrogens with zero attached hydrogens (tertiary/aromatic N) is 1. The normalized spacial score (nSPS) is 10.8. The van der Waals surface area contributed by atoms with Gasteiger partial charge >= 0.3 is 0 Å². The van der Waals surface area contributed by atoms with Crippen molar-refractivity contribution in [2.75, 3.05) is 17.2 Å². The summed E-state index contributed by atoms with van der Waals surface area (Å²) in [5.74, 6) is -1.21. The van der Waals surface area contributed by atoms with E-state index >= 15 is 0 Å². The van der Waals surface area contributed by atoms with E-state index in [1.807, 2.05) is 6.07 Å². The van der Waals surface area contributed by atoms with Crippen LogP contribution in [0.15, 0.2) is 72.3 Å². The van der Waals surface area contributed by atoms with E-state index in [1.165, 1.54) is 42.5 Å². The van der Waals surface area contributed by atoms with E-state index in [-0.39, 0.29) is 23.0 Å². The topological polar surface area (TPSA) is 91.2 Å². The van der Waals surface area contributed by atoms with Gasteiger partial charge in [-0.25, -0.2) is 4.39 Å². The van der Waals surface area contributed by atoms with Crippen molar-refractivity contribution in [3.05, 3.63) is 93.7 Å². The lowest BCUT2D eigenvalue weighted by Crippen LogP contribution is -2.20. The molecule has 33 heavy (non-hydrogen) atoms. The number of anilines is 2. The first kappa shape index (κ1) is 23.8. The fourth-order valence-corrected chi connectivity index (χ4v) is 3.01. The summed E-state index contributed by atoms with van der Waals surface area (Å²) in [6.45, 7) is -0.320. The Morgan fingerprint density at radius 2 is 1.61 bits per heavy atom. The van der Waals surface area contributed by atoms with Gasteiger partial charge in [-0.05, 0) is 72.3 Å². The predicted octanol–water partition coefficient (Wildman–Crippen LogP) is 5.70. The fourth-order valence-electron chi connectivity index (χ4n) is 2.64. The average molecular weight is 484 g/mol. The first-order valence-electron chi connectivity index (χ1n) is 9.50. The first-order valence-corrected chi connectivity index (χ1v) is 10.3. The van der Waals surface area contributed by atoms with Crippen molar-refractivity contribution in [1.82, 2.24) is 0 Å². The van der Waals surface area contributed by atoms with Gasteiger partial charge in [0.1, 0.15) is 23.2 Å². The summed E-state index contributed by atoms with van der Waals surface area (Å²) in [5.41, 5.74) is 1.28. The van der Waals surface area contributed by atoms with Crippen LogP contribution in [0.4, 0.5) is 15.8 Å². The van der Waals surface area contributed by atoms with Crippen molar-refractivity contribution in [2.24, 2.45) is 0 Å². The van der Waals surface area contributed by atoms with E-state index in [0.29, 0.717) is 22.0 Å². The van der Waals surface area contributed by atoms with Crippen LogP contribution in [0.25, 0.3) is 6.08 Å². The second kappa shape index (κ2) is 11.1. The van der Waals surface area contributed by atoms with Crippen molar-refractivity contribution in [3.8, 4) is 11.8 Å². The fraction of sp³-hybridized carbons (Fsp3) is 0.0417. The molecule has 0 fully saturated rings. The number of benzene rings is 3. The number of nitriles is 1. The number of nitrogens with one attached hydrogen (secondary N) is 2. The summed E-state index contributed by atoms with van der Waals surface area (Å²) in [6, 6.07) is 18.2. The number of ether oxygens (including phenoxy) is 1. The Hall–Kier alpha value is -3.86. The third-order valence-electron chi connectivity index (χ3n) is 4.22. The molecule has 2 amide bonds. The van der Waals surface area contributed by atoms with Gasteiger partial charge in [0.15, 0.2) is 6.61 Å². The highest BCUT2D eigenvalue weighted by atomic mass is 35.5. The van der Waals surface area contributed by atoms with Crippen molar-refractivity contribution >= 4 is 52.5 Å². The highest BCUT2D eigenvalue weighted by Crippen LogP contribution is 2.27. The van der Waals surface area contributed by atoms with Gasteiger partial charge in [-0.2, -0.15) is 5.26 Å². The second-order valence-corrected chi connectivity index (χ2v) is 7.51. The molecular weight excluding hydrogens is 468 g/mol. The molecule has 0 spiro atoms. The Morgan fingerprint density at radius 3 is 2.24 bits per heavy atom. The van der Waals surface area contributed by atoms with Gasteiger partial charge in [-0.1, -0.05) is 29.3 Å². The van der Waals surface area contributed by atoms with Crippen LogP contribution in [0.3, 0.4) is 0 Å². The molecule has 3 aromatic rings. The molecule has 3 aromatic carbocycles. The molecule has 0 aliphatic rings. The average Bonchev–Trinajstić information content (AvgIpc) is 2.80. The molecule has 0 aromatic heterocycles. The molecule has 0 atom stereocenters. The number of carbonyl (C=O) groups excluding carboxylic acids is 2. The number of halogens is 3. The highest BCUT2D eigenvalue weighted by molar-refractivity contribution is 6.32. The van der Waals surface area contributed by atoms with Gasteiger partial charge in [0.05, 0.1) is 5.02 Å². The summed E-state index contributed by atoms with van der Waals surface area (Å²) in [7, 11) is 0. The van der Waals surface area contributed by atoms with Crippen molar-refractivity contribution in [1.29, 1.82) is 5.26 Å². The summed E-state index contributed by atoms with van der Waals surface area (Å²) >= 11 is 12.0. The number of carbonyl (C=O) groups is 2. The Kier molecular flexibility index (Phi) is 8.03. The lowest BCUT2D eigenvalue weighted by Gasteiger charge is -2.09. The molecule has 0 saturated heterocycles. The minimum Gasteiger partial charge on any atom is -0.482 e. The zero-order valence-corrected chi connectivity index (χ0v) is 18.5. The zero-order valence-electron chi connectivity index (χ0n) is 16.9. The molecule has 3 rings (SSSR count). The van der Waals surface area contributed by atoms with E-state index in [2.05, 4.69) is 10.6 Å². The Morgan fingerprint density at radius 1 is 0.970 bits per heavy atom. The van der Waals surface area contributed by atoms with Gasteiger partial charge in [0, 0.05) is 16.4 Å². The molecule has 2 N–H and O–H groups in total. The van der Waals surface area contributed by atoms with Gasteiger partial charge < -0.3 is 15.4 Å². The van der Waals surface area contributed by atoms with Crippen molar-refractivity contribution in [2.45, 2.75) is 0 Å². The monoisotopic (exact) mass is 483 g/mol. The first-order chi connectivity index (χ1) is 15.8. The summed E-state index contributed by atoms with van der Waals surface area (Å²) < 4.78 is 18.4. The molecule has 9 heteroatoms. The van der Waals surface area contributed by atoms with Crippen LogP contribution in [0.5, 0.6) is 5.75 Å². The minimum atomic E-state index is -0.589. The molecular formula is C24H16Cl2FN3O3. The predicted molar refractivity (Wildman–Crippen MR) is 126 cm³/mol. The van der Waals surface area contributed by atoms with E-state index in [1.54, 1.807) is 30.3 Å². The zero-order chi connectivity index (χ0) is 23.8. The van der Waals surface area contributed by atoms with E-state index in [0.717, 1.165) is 0 Å². The molecule has 0 unspecified atom stereocenters. The SMILES string of the molecule is N#C/C(=C/c1ccc(OCC(=O)Nc2ccc(F)cc2)c(Cl)c1)C(=O)Nc1ccc(Cl)cc1. The summed E-state index contributed by atoms with van der Waals surface area (Å²) in [4.78, 5) is 24.4. The van der Waals surface area contributed by atoms with Crippen LogP contribution in [-0.4, -0.2) is 18.4 Å². The number of amides is 2. The third-order valence-corrected chi connectivity index (χ3v) is 4.77. The second-order valence-electron chi connectivity index (χ2n) is 6.66. The summed E-state index contributed by atoms with van der Waals surface area (Å²) in [6.07, 6.45) is 1.38. The van der Waals surface area contributed by atoms with Crippen LogP contribution in [0.2, 0.25) is 10.0 Å². The molecule has 0 bridgehead atoms. The molecule has 0 radical (unpaired) electrons. The lowest BCUT2D eigenvalue weighted by atomic mass is 10.1. The Bertz CT molecular complexity index is 1240. The standard InChI is InChI=1S/C24H16Cl2FN3O3/c25-17-2-6-20(7-3-17)30-24(32)16(13-28)11-15-1-10-22(21(26)12-15)33-14-23(31)29-19-8-4-18(27)5-9-19/h1-12H,14H2,(H,29,31)(H,30,32)/b16-11-. The maximum Gasteiger partial charge on any atom is 0.266 e. The highest BCUT2D eigenvalue weighted by Gasteiger charge is 2.11.